The van der Waals surface area contributed by atoms with Crippen LogP contribution >= 0.6 is 11.8 Å². The number of nitrogens with zero attached hydrogens (tertiary/aromatic N) is 3. The lowest BCUT2D eigenvalue weighted by Crippen LogP contribution is -2.24. The van der Waals surface area contributed by atoms with E-state index in [2.05, 4.69) is 9.97 Å². The Kier molecular flexibility index (Phi) is 5.16. The molecule has 2 aromatic carbocycles. The predicted octanol–water partition coefficient (Wildman–Crippen LogP) is 4.41. The minimum absolute atomic E-state index is 0.164. The van der Waals surface area contributed by atoms with E-state index in [1.807, 2.05) is 12.1 Å². The molecular formula is C21H15F2N3OS. The monoisotopic (exact) mass is 395 g/mol. The van der Waals surface area contributed by atoms with Crippen LogP contribution < -0.4 is 5.56 Å². The molecule has 0 unspecified atom stereocenters. The molecule has 28 heavy (non-hydrogen) atoms. The number of para-hydroxylation sites is 1. The first kappa shape index (κ1) is 18.3. The van der Waals surface area contributed by atoms with Gasteiger partial charge in [0.05, 0.1) is 17.4 Å². The molecule has 0 aliphatic carbocycles. The Labute approximate surface area is 163 Å². The molecule has 0 aliphatic rings. The molecule has 0 atom stereocenters. The van der Waals surface area contributed by atoms with Gasteiger partial charge in [0.2, 0.25) is 0 Å². The first-order valence-corrected chi connectivity index (χ1v) is 9.55. The number of halogens is 2. The highest BCUT2D eigenvalue weighted by Gasteiger charge is 2.13. The number of benzene rings is 2. The van der Waals surface area contributed by atoms with Crippen LogP contribution in [0.2, 0.25) is 0 Å². The van der Waals surface area contributed by atoms with Crippen molar-refractivity contribution in [1.29, 1.82) is 0 Å². The standard InChI is InChI=1S/C21H15F2N3OS/c22-16-8-15(9-17(23)10-16)13-28-21-25-19-6-2-1-5-18(19)20(27)26(21)12-14-4-3-7-24-11-14/h1-11H,12-13H2. The Morgan fingerprint density at radius 3 is 2.50 bits per heavy atom. The highest BCUT2D eigenvalue weighted by molar-refractivity contribution is 7.98. The molecule has 4 aromatic rings. The molecule has 2 aromatic heterocycles. The van der Waals surface area contributed by atoms with Crippen LogP contribution in [0.5, 0.6) is 0 Å². The SMILES string of the molecule is O=c1c2ccccc2nc(SCc2cc(F)cc(F)c2)n1Cc1cccnc1. The Bertz CT molecular complexity index is 1180. The van der Waals surface area contributed by atoms with E-state index >= 15 is 0 Å². The highest BCUT2D eigenvalue weighted by atomic mass is 32.2. The fourth-order valence-electron chi connectivity index (χ4n) is 2.91. The number of hydrogen-bond donors (Lipinski definition) is 0. The topological polar surface area (TPSA) is 47.8 Å². The Morgan fingerprint density at radius 1 is 0.964 bits per heavy atom. The van der Waals surface area contributed by atoms with Gasteiger partial charge in [-0.3, -0.25) is 14.3 Å². The lowest BCUT2D eigenvalue weighted by molar-refractivity contribution is 0.581. The molecule has 0 spiro atoms. The van der Waals surface area contributed by atoms with E-state index in [-0.39, 0.29) is 11.3 Å². The molecule has 0 saturated carbocycles. The van der Waals surface area contributed by atoms with Gasteiger partial charge in [0, 0.05) is 24.2 Å². The maximum absolute atomic E-state index is 13.5. The Morgan fingerprint density at radius 2 is 1.75 bits per heavy atom. The lowest BCUT2D eigenvalue weighted by atomic mass is 10.2. The molecule has 0 radical (unpaired) electrons. The summed E-state index contributed by atoms with van der Waals surface area (Å²) in [5.74, 6) is -0.975. The first-order valence-electron chi connectivity index (χ1n) is 8.56. The number of pyridine rings is 1. The second kappa shape index (κ2) is 7.90. The van der Waals surface area contributed by atoms with Crippen LogP contribution in [0.15, 0.2) is 76.9 Å². The number of rotatable bonds is 5. The zero-order valence-electron chi connectivity index (χ0n) is 14.7. The maximum Gasteiger partial charge on any atom is 0.262 e. The summed E-state index contributed by atoms with van der Waals surface area (Å²) in [7, 11) is 0. The summed E-state index contributed by atoms with van der Waals surface area (Å²) in [4.78, 5) is 21.7. The number of fused-ring (bicyclic) bond motifs is 1. The van der Waals surface area contributed by atoms with Crippen molar-refractivity contribution in [3.05, 3.63) is 100 Å². The predicted molar refractivity (Wildman–Crippen MR) is 105 cm³/mol. The van der Waals surface area contributed by atoms with Crippen LogP contribution in [-0.4, -0.2) is 14.5 Å². The van der Waals surface area contributed by atoms with E-state index in [4.69, 9.17) is 0 Å². The molecule has 4 rings (SSSR count). The van der Waals surface area contributed by atoms with Gasteiger partial charge in [0.1, 0.15) is 11.6 Å². The van der Waals surface area contributed by atoms with Gasteiger partial charge in [-0.05, 0) is 41.5 Å². The van der Waals surface area contributed by atoms with Crippen LogP contribution in [0.1, 0.15) is 11.1 Å². The average Bonchev–Trinajstić information content (AvgIpc) is 2.69. The van der Waals surface area contributed by atoms with Crippen LogP contribution in [0.25, 0.3) is 10.9 Å². The summed E-state index contributed by atoms with van der Waals surface area (Å²) in [6.07, 6.45) is 3.36. The van der Waals surface area contributed by atoms with Crippen molar-refractivity contribution in [3.8, 4) is 0 Å². The fraction of sp³-hybridized carbons (Fsp3) is 0.0952. The minimum Gasteiger partial charge on any atom is -0.283 e. The molecule has 7 heteroatoms. The third kappa shape index (κ3) is 3.94. The second-order valence-electron chi connectivity index (χ2n) is 6.23. The molecule has 4 nitrogen and oxygen atoms in total. The highest BCUT2D eigenvalue weighted by Crippen LogP contribution is 2.23. The van der Waals surface area contributed by atoms with Gasteiger partial charge in [-0.25, -0.2) is 13.8 Å². The van der Waals surface area contributed by atoms with Gasteiger partial charge in [-0.15, -0.1) is 0 Å². The normalized spacial score (nSPS) is 11.1. The van der Waals surface area contributed by atoms with Crippen molar-refractivity contribution in [2.75, 3.05) is 0 Å². The van der Waals surface area contributed by atoms with E-state index in [9.17, 15) is 13.6 Å². The molecular weight excluding hydrogens is 380 g/mol. The molecule has 0 aliphatic heterocycles. The van der Waals surface area contributed by atoms with Crippen molar-refractivity contribution >= 4 is 22.7 Å². The van der Waals surface area contributed by atoms with Gasteiger partial charge in [-0.1, -0.05) is 30.0 Å². The molecule has 0 saturated heterocycles. The van der Waals surface area contributed by atoms with Crippen molar-refractivity contribution < 1.29 is 8.78 Å². The first-order chi connectivity index (χ1) is 13.6. The maximum atomic E-state index is 13.5. The van der Waals surface area contributed by atoms with E-state index in [0.29, 0.717) is 28.2 Å². The lowest BCUT2D eigenvalue weighted by Gasteiger charge is -2.13. The van der Waals surface area contributed by atoms with Crippen LogP contribution in [0.4, 0.5) is 8.78 Å². The van der Waals surface area contributed by atoms with Gasteiger partial charge in [0.15, 0.2) is 5.16 Å². The van der Waals surface area contributed by atoms with Gasteiger partial charge < -0.3 is 0 Å². The molecule has 0 fully saturated rings. The second-order valence-corrected chi connectivity index (χ2v) is 7.17. The smallest absolute Gasteiger partial charge is 0.262 e. The van der Waals surface area contributed by atoms with Crippen LogP contribution in [-0.2, 0) is 12.3 Å². The fourth-order valence-corrected chi connectivity index (χ4v) is 3.84. The third-order valence-corrected chi connectivity index (χ3v) is 5.23. The molecule has 140 valence electrons. The number of aromatic nitrogens is 3. The quantitative estimate of drug-likeness (QED) is 0.371. The third-order valence-electron chi connectivity index (χ3n) is 4.18. The molecule has 0 bridgehead atoms. The zero-order chi connectivity index (χ0) is 19.5. The van der Waals surface area contributed by atoms with Crippen molar-refractivity contribution in [1.82, 2.24) is 14.5 Å². The summed E-state index contributed by atoms with van der Waals surface area (Å²) >= 11 is 1.26. The Hall–Kier alpha value is -3.06. The minimum atomic E-state index is -0.630. The van der Waals surface area contributed by atoms with E-state index in [1.54, 1.807) is 41.2 Å². The van der Waals surface area contributed by atoms with E-state index < -0.39 is 11.6 Å². The Balaban J connectivity index is 1.74. The van der Waals surface area contributed by atoms with E-state index in [1.165, 1.54) is 23.9 Å². The summed E-state index contributed by atoms with van der Waals surface area (Å²) < 4.78 is 28.5. The van der Waals surface area contributed by atoms with Crippen LogP contribution in [0, 0.1) is 11.6 Å². The zero-order valence-corrected chi connectivity index (χ0v) is 15.5. The summed E-state index contributed by atoms with van der Waals surface area (Å²) in [5, 5.41) is 1.00. The number of thioether (sulfide) groups is 1. The van der Waals surface area contributed by atoms with Crippen molar-refractivity contribution in [2.24, 2.45) is 0 Å². The molecule has 2 heterocycles. The average molecular weight is 395 g/mol. The summed E-state index contributed by atoms with van der Waals surface area (Å²) in [5.41, 5.74) is 1.77. The van der Waals surface area contributed by atoms with Gasteiger partial charge in [0.25, 0.3) is 5.56 Å². The number of hydrogen-bond acceptors (Lipinski definition) is 4. The summed E-state index contributed by atoms with van der Waals surface area (Å²) in [6, 6.07) is 14.2. The molecule has 0 N–H and O–H groups in total. The van der Waals surface area contributed by atoms with Crippen molar-refractivity contribution in [2.45, 2.75) is 17.5 Å². The summed E-state index contributed by atoms with van der Waals surface area (Å²) in [6.45, 7) is 0.310. The van der Waals surface area contributed by atoms with Crippen molar-refractivity contribution in [3.63, 3.8) is 0 Å². The van der Waals surface area contributed by atoms with Crippen LogP contribution in [0.3, 0.4) is 0 Å². The largest absolute Gasteiger partial charge is 0.283 e. The van der Waals surface area contributed by atoms with Gasteiger partial charge >= 0.3 is 0 Å². The van der Waals surface area contributed by atoms with Gasteiger partial charge in [-0.2, -0.15) is 0 Å². The molecule has 0 amide bonds. The van der Waals surface area contributed by atoms with E-state index in [0.717, 1.165) is 11.6 Å².